The average molecular weight is 504 g/mol. The molecular formula is C30H34FN3O3. The second-order valence-electron chi connectivity index (χ2n) is 9.74. The van der Waals surface area contributed by atoms with Crippen molar-refractivity contribution < 1.29 is 18.7 Å². The number of urea groups is 1. The summed E-state index contributed by atoms with van der Waals surface area (Å²) in [5.41, 5.74) is 2.03. The van der Waals surface area contributed by atoms with Crippen molar-refractivity contribution in [3.63, 3.8) is 0 Å². The van der Waals surface area contributed by atoms with Gasteiger partial charge in [-0.05, 0) is 85.9 Å². The first kappa shape index (κ1) is 25.1. The zero-order chi connectivity index (χ0) is 25.5. The van der Waals surface area contributed by atoms with Gasteiger partial charge in [-0.2, -0.15) is 0 Å². The van der Waals surface area contributed by atoms with E-state index >= 15 is 0 Å². The van der Waals surface area contributed by atoms with Crippen LogP contribution in [-0.2, 0) is 6.61 Å². The van der Waals surface area contributed by atoms with Gasteiger partial charge in [-0.15, -0.1) is 0 Å². The van der Waals surface area contributed by atoms with E-state index in [2.05, 4.69) is 4.90 Å². The lowest BCUT2D eigenvalue weighted by Crippen LogP contribution is -2.41. The van der Waals surface area contributed by atoms with Gasteiger partial charge < -0.3 is 19.3 Å². The summed E-state index contributed by atoms with van der Waals surface area (Å²) in [6, 6.07) is 24.1. The molecule has 37 heavy (non-hydrogen) atoms. The summed E-state index contributed by atoms with van der Waals surface area (Å²) in [6.07, 6.45) is 2.14. The molecule has 0 spiro atoms. The van der Waals surface area contributed by atoms with Gasteiger partial charge >= 0.3 is 6.03 Å². The van der Waals surface area contributed by atoms with Crippen LogP contribution in [0.5, 0.6) is 11.5 Å². The molecule has 2 fully saturated rings. The molecule has 0 unspecified atom stereocenters. The second kappa shape index (κ2) is 12.1. The summed E-state index contributed by atoms with van der Waals surface area (Å²) >= 11 is 0. The topological polar surface area (TPSA) is 45.2 Å². The number of hydrogen-bond acceptors (Lipinski definition) is 4. The van der Waals surface area contributed by atoms with E-state index in [1.54, 1.807) is 12.1 Å². The van der Waals surface area contributed by atoms with Gasteiger partial charge in [-0.1, -0.05) is 30.3 Å². The number of hydrogen-bond donors (Lipinski definition) is 0. The quantitative estimate of drug-likeness (QED) is 0.370. The maximum Gasteiger partial charge on any atom is 0.324 e. The van der Waals surface area contributed by atoms with Crippen molar-refractivity contribution in [3.05, 3.63) is 90.2 Å². The molecule has 2 aliphatic heterocycles. The first-order valence-corrected chi connectivity index (χ1v) is 13.1. The number of anilines is 1. The minimum Gasteiger partial charge on any atom is -0.493 e. The molecule has 5 rings (SSSR count). The van der Waals surface area contributed by atoms with Crippen molar-refractivity contribution >= 4 is 11.7 Å². The predicted molar refractivity (Wildman–Crippen MR) is 143 cm³/mol. The number of ether oxygens (including phenoxy) is 2. The predicted octanol–water partition coefficient (Wildman–Crippen LogP) is 5.44. The molecule has 0 bridgehead atoms. The summed E-state index contributed by atoms with van der Waals surface area (Å²) in [5.74, 6) is 1.77. The molecule has 0 radical (unpaired) electrons. The van der Waals surface area contributed by atoms with E-state index in [-0.39, 0.29) is 11.8 Å². The molecule has 0 saturated carbocycles. The number of carbonyl (C=O) groups excluding carboxylic acids is 1. The third-order valence-corrected chi connectivity index (χ3v) is 7.18. The minimum atomic E-state index is -0.248. The fraction of sp³-hybridized carbons (Fsp3) is 0.367. The summed E-state index contributed by atoms with van der Waals surface area (Å²) in [7, 11) is 0. The Labute approximate surface area is 218 Å². The highest BCUT2D eigenvalue weighted by atomic mass is 19.1. The molecule has 7 heteroatoms. The van der Waals surface area contributed by atoms with Gasteiger partial charge in [-0.3, -0.25) is 4.90 Å². The number of nitrogens with zero attached hydrogens (tertiary/aromatic N) is 3. The number of piperidine rings is 1. The third kappa shape index (κ3) is 6.80. The number of carbonyl (C=O) groups is 1. The van der Waals surface area contributed by atoms with Gasteiger partial charge in [0.2, 0.25) is 0 Å². The Hall–Kier alpha value is -3.58. The Morgan fingerprint density at radius 2 is 1.43 bits per heavy atom. The number of amides is 2. The van der Waals surface area contributed by atoms with E-state index in [1.807, 2.05) is 64.4 Å². The molecule has 2 heterocycles. The zero-order valence-electron chi connectivity index (χ0n) is 21.1. The van der Waals surface area contributed by atoms with Crippen LogP contribution < -0.4 is 14.4 Å². The van der Waals surface area contributed by atoms with Crippen molar-refractivity contribution in [2.45, 2.75) is 19.4 Å². The molecule has 0 atom stereocenters. The van der Waals surface area contributed by atoms with Crippen molar-refractivity contribution in [2.24, 2.45) is 5.92 Å². The Kier molecular flexibility index (Phi) is 8.21. The molecule has 0 aliphatic carbocycles. The molecule has 2 saturated heterocycles. The van der Waals surface area contributed by atoms with Crippen LogP contribution >= 0.6 is 0 Å². The van der Waals surface area contributed by atoms with Crippen LogP contribution in [0.15, 0.2) is 78.9 Å². The van der Waals surface area contributed by atoms with E-state index in [1.165, 1.54) is 12.1 Å². The largest absolute Gasteiger partial charge is 0.493 e. The van der Waals surface area contributed by atoms with E-state index in [0.29, 0.717) is 25.7 Å². The number of halogens is 1. The van der Waals surface area contributed by atoms with Gasteiger partial charge in [0, 0.05) is 31.9 Å². The van der Waals surface area contributed by atoms with Crippen LogP contribution in [0.2, 0.25) is 0 Å². The van der Waals surface area contributed by atoms with Crippen molar-refractivity contribution in [3.8, 4) is 11.5 Å². The SMILES string of the molecule is O=C1N(CCN2CCC(COc3ccc(F)cc3)CC2)CCN1c1ccc(OCc2ccccc2)cc1. The summed E-state index contributed by atoms with van der Waals surface area (Å²) in [5, 5.41) is 0. The van der Waals surface area contributed by atoms with E-state index in [9.17, 15) is 9.18 Å². The number of benzene rings is 3. The molecule has 194 valence electrons. The summed E-state index contributed by atoms with van der Waals surface area (Å²) in [6.45, 7) is 6.27. The van der Waals surface area contributed by atoms with Gasteiger partial charge in [0.25, 0.3) is 0 Å². The lowest BCUT2D eigenvalue weighted by atomic mass is 9.98. The van der Waals surface area contributed by atoms with Gasteiger partial charge in [0.05, 0.1) is 6.61 Å². The van der Waals surface area contributed by atoms with Crippen LogP contribution in [-0.4, -0.2) is 61.7 Å². The van der Waals surface area contributed by atoms with Crippen LogP contribution in [0.1, 0.15) is 18.4 Å². The van der Waals surface area contributed by atoms with Crippen molar-refractivity contribution in [1.82, 2.24) is 9.80 Å². The van der Waals surface area contributed by atoms with E-state index in [0.717, 1.165) is 68.3 Å². The Morgan fingerprint density at radius 1 is 0.757 bits per heavy atom. The molecule has 0 aromatic heterocycles. The fourth-order valence-corrected chi connectivity index (χ4v) is 4.88. The molecule has 6 nitrogen and oxygen atoms in total. The van der Waals surface area contributed by atoms with E-state index < -0.39 is 0 Å². The van der Waals surface area contributed by atoms with E-state index in [4.69, 9.17) is 9.47 Å². The maximum absolute atomic E-state index is 13.0. The molecule has 0 N–H and O–H groups in total. The van der Waals surface area contributed by atoms with Crippen LogP contribution in [0, 0.1) is 11.7 Å². The highest BCUT2D eigenvalue weighted by molar-refractivity contribution is 5.94. The fourth-order valence-electron chi connectivity index (χ4n) is 4.88. The molecule has 3 aromatic rings. The highest BCUT2D eigenvalue weighted by Crippen LogP contribution is 2.24. The van der Waals surface area contributed by atoms with Gasteiger partial charge in [0.15, 0.2) is 0 Å². The Morgan fingerprint density at radius 3 is 2.16 bits per heavy atom. The molecule has 2 amide bonds. The molecule has 2 aliphatic rings. The van der Waals surface area contributed by atoms with Crippen LogP contribution in [0.25, 0.3) is 0 Å². The number of likely N-dealkylation sites (tertiary alicyclic amines) is 1. The minimum absolute atomic E-state index is 0.0699. The monoisotopic (exact) mass is 503 g/mol. The lowest BCUT2D eigenvalue weighted by molar-refractivity contribution is 0.133. The van der Waals surface area contributed by atoms with Crippen molar-refractivity contribution in [1.29, 1.82) is 0 Å². The highest BCUT2D eigenvalue weighted by Gasteiger charge is 2.30. The summed E-state index contributed by atoms with van der Waals surface area (Å²) < 4.78 is 24.7. The Bertz CT molecular complexity index is 1130. The average Bonchev–Trinajstić information content (AvgIpc) is 3.32. The smallest absolute Gasteiger partial charge is 0.324 e. The molecule has 3 aromatic carbocycles. The number of rotatable bonds is 10. The standard InChI is InChI=1S/C30H34FN3O3/c31-26-6-10-28(11-7-26)37-23-25-14-16-32(17-15-25)18-19-33-20-21-34(30(33)35)27-8-12-29(13-9-27)36-22-24-4-2-1-3-5-24/h1-13,25H,14-23H2. The van der Waals surface area contributed by atoms with Gasteiger partial charge in [0.1, 0.15) is 23.9 Å². The van der Waals surface area contributed by atoms with Crippen molar-refractivity contribution in [2.75, 3.05) is 50.8 Å². The third-order valence-electron chi connectivity index (χ3n) is 7.18. The maximum atomic E-state index is 13.0. The summed E-state index contributed by atoms with van der Waals surface area (Å²) in [4.78, 5) is 19.3. The lowest BCUT2D eigenvalue weighted by Gasteiger charge is -2.32. The Balaban J connectivity index is 1.02. The van der Waals surface area contributed by atoms with Crippen LogP contribution in [0.4, 0.5) is 14.9 Å². The first-order valence-electron chi connectivity index (χ1n) is 13.1. The first-order chi connectivity index (χ1) is 18.1. The van der Waals surface area contributed by atoms with Crippen LogP contribution in [0.3, 0.4) is 0 Å². The normalized spacial score (nSPS) is 16.8. The molecular weight excluding hydrogens is 469 g/mol. The zero-order valence-corrected chi connectivity index (χ0v) is 21.1. The van der Waals surface area contributed by atoms with Gasteiger partial charge in [-0.25, -0.2) is 9.18 Å². The second-order valence-corrected chi connectivity index (χ2v) is 9.74.